The van der Waals surface area contributed by atoms with Crippen LogP contribution >= 0.6 is 0 Å². The van der Waals surface area contributed by atoms with Crippen molar-refractivity contribution in [2.75, 3.05) is 47.4 Å². The zero-order valence-electron chi connectivity index (χ0n) is 16.9. The van der Waals surface area contributed by atoms with Crippen molar-refractivity contribution >= 4 is 11.8 Å². The Bertz CT molecular complexity index is 698. The number of hydrogen-bond acceptors (Lipinski definition) is 4. The molecule has 0 aromatic heterocycles. The van der Waals surface area contributed by atoms with Gasteiger partial charge >= 0.3 is 0 Å². The zero-order valence-corrected chi connectivity index (χ0v) is 16.9. The molecule has 1 atom stereocenters. The number of benzene rings is 1. The van der Waals surface area contributed by atoms with E-state index in [9.17, 15) is 9.59 Å². The Balaban J connectivity index is 1.63. The lowest BCUT2D eigenvalue weighted by Gasteiger charge is -2.37. The number of likely N-dealkylation sites (tertiary alicyclic amines) is 2. The molecule has 148 valence electrons. The van der Waals surface area contributed by atoms with Crippen LogP contribution in [0.25, 0.3) is 0 Å². The Morgan fingerprint density at radius 2 is 1.96 bits per heavy atom. The Hall–Kier alpha value is -2.08. The topological polar surface area (TPSA) is 53.1 Å². The normalized spacial score (nSPS) is 20.7. The summed E-state index contributed by atoms with van der Waals surface area (Å²) >= 11 is 0. The summed E-state index contributed by atoms with van der Waals surface area (Å²) in [6.07, 6.45) is 2.65. The van der Waals surface area contributed by atoms with Crippen LogP contribution in [0.5, 0.6) is 5.75 Å². The van der Waals surface area contributed by atoms with Gasteiger partial charge in [0.15, 0.2) is 0 Å². The van der Waals surface area contributed by atoms with Crippen LogP contribution in [0.3, 0.4) is 0 Å². The lowest BCUT2D eigenvalue weighted by molar-refractivity contribution is -0.138. The lowest BCUT2D eigenvalue weighted by atomic mass is 9.78. The molecule has 2 heterocycles. The maximum atomic E-state index is 12.9. The van der Waals surface area contributed by atoms with Gasteiger partial charge in [-0.25, -0.2) is 0 Å². The highest BCUT2D eigenvalue weighted by Crippen LogP contribution is 2.40. The number of methoxy groups -OCH3 is 1. The molecule has 1 spiro atoms. The number of hydrogen-bond donors (Lipinski definition) is 0. The first kappa shape index (κ1) is 19.7. The smallest absolute Gasteiger partial charge is 0.242 e. The minimum absolute atomic E-state index is 0.0354. The summed E-state index contributed by atoms with van der Waals surface area (Å²) in [6, 6.07) is 7.62. The predicted octanol–water partition coefficient (Wildman–Crippen LogP) is 2.16. The van der Waals surface area contributed by atoms with E-state index in [4.69, 9.17) is 4.74 Å². The molecule has 1 aromatic rings. The summed E-state index contributed by atoms with van der Waals surface area (Å²) in [5.41, 5.74) is 1.03. The molecule has 0 N–H and O–H groups in total. The van der Waals surface area contributed by atoms with Crippen molar-refractivity contribution in [1.29, 1.82) is 0 Å². The van der Waals surface area contributed by atoms with Crippen molar-refractivity contribution < 1.29 is 14.3 Å². The quantitative estimate of drug-likeness (QED) is 0.794. The number of carbonyl (C=O) groups is 2. The highest BCUT2D eigenvalue weighted by molar-refractivity contribution is 5.86. The van der Waals surface area contributed by atoms with E-state index in [0.29, 0.717) is 13.0 Å². The van der Waals surface area contributed by atoms with Gasteiger partial charge in [0, 0.05) is 25.6 Å². The second kappa shape index (κ2) is 7.89. The average molecular weight is 373 g/mol. The van der Waals surface area contributed by atoms with Gasteiger partial charge in [-0.15, -0.1) is 0 Å². The molecule has 2 saturated heterocycles. The van der Waals surface area contributed by atoms with Crippen LogP contribution in [0.4, 0.5) is 0 Å². The van der Waals surface area contributed by atoms with Gasteiger partial charge in [0.2, 0.25) is 11.8 Å². The Morgan fingerprint density at radius 1 is 1.30 bits per heavy atom. The zero-order chi connectivity index (χ0) is 19.6. The lowest BCUT2D eigenvalue weighted by Crippen LogP contribution is -2.42. The molecule has 2 amide bonds. The van der Waals surface area contributed by atoms with E-state index in [1.54, 1.807) is 24.0 Å². The fraction of sp³-hybridized carbons (Fsp3) is 0.619. The van der Waals surface area contributed by atoms with Crippen molar-refractivity contribution in [2.24, 2.45) is 5.41 Å². The van der Waals surface area contributed by atoms with Crippen molar-refractivity contribution in [1.82, 2.24) is 14.7 Å². The van der Waals surface area contributed by atoms with Gasteiger partial charge < -0.3 is 19.4 Å². The van der Waals surface area contributed by atoms with Crippen molar-refractivity contribution in [3.63, 3.8) is 0 Å². The van der Waals surface area contributed by atoms with Gasteiger partial charge in [0.25, 0.3) is 0 Å². The van der Waals surface area contributed by atoms with Crippen LogP contribution in [-0.4, -0.2) is 73.9 Å². The molecule has 0 radical (unpaired) electrons. The fourth-order valence-electron chi connectivity index (χ4n) is 4.26. The standard InChI is InChI=1S/C21H31N3O3/c1-16(17-7-5-6-8-18(17)27-4)23(3)20(26)14-24-15-21(13-19(24)25)9-11-22(2)12-10-21/h5-8,16H,9-15H2,1-4H3/t16-/m1/s1. The second-order valence-corrected chi connectivity index (χ2v) is 8.15. The summed E-state index contributed by atoms with van der Waals surface area (Å²) in [5.74, 6) is 0.852. The highest BCUT2D eigenvalue weighted by atomic mass is 16.5. The third-order valence-electron chi connectivity index (χ3n) is 6.34. The van der Waals surface area contributed by atoms with Crippen LogP contribution in [0.15, 0.2) is 24.3 Å². The van der Waals surface area contributed by atoms with Gasteiger partial charge in [-0.2, -0.15) is 0 Å². The average Bonchev–Trinajstić information content (AvgIpc) is 2.98. The van der Waals surface area contributed by atoms with E-state index in [2.05, 4.69) is 11.9 Å². The molecule has 0 bridgehead atoms. The van der Waals surface area contributed by atoms with E-state index in [1.807, 2.05) is 31.2 Å². The Kier molecular flexibility index (Phi) is 5.75. The minimum Gasteiger partial charge on any atom is -0.496 e. The molecule has 2 fully saturated rings. The largest absolute Gasteiger partial charge is 0.496 e. The molecule has 27 heavy (non-hydrogen) atoms. The highest BCUT2D eigenvalue weighted by Gasteiger charge is 2.45. The number of ether oxygens (including phenoxy) is 1. The van der Waals surface area contributed by atoms with Crippen molar-refractivity contribution in [3.05, 3.63) is 29.8 Å². The molecular formula is C21H31N3O3. The van der Waals surface area contributed by atoms with Crippen LogP contribution in [0, 0.1) is 5.41 Å². The van der Waals surface area contributed by atoms with Crippen LogP contribution in [0.1, 0.15) is 37.8 Å². The third-order valence-corrected chi connectivity index (χ3v) is 6.34. The summed E-state index contributed by atoms with van der Waals surface area (Å²) < 4.78 is 5.42. The summed E-state index contributed by atoms with van der Waals surface area (Å²) in [6.45, 7) is 4.91. The van der Waals surface area contributed by atoms with Crippen LogP contribution in [-0.2, 0) is 9.59 Å². The molecule has 0 aliphatic carbocycles. The number of amides is 2. The van der Waals surface area contributed by atoms with Crippen molar-refractivity contribution in [2.45, 2.75) is 32.2 Å². The molecule has 0 saturated carbocycles. The Morgan fingerprint density at radius 3 is 2.63 bits per heavy atom. The number of likely N-dealkylation sites (N-methyl/N-ethyl adjacent to an activating group) is 1. The summed E-state index contributed by atoms with van der Waals surface area (Å²) in [5, 5.41) is 0. The van der Waals surface area contributed by atoms with Gasteiger partial charge in [0.05, 0.1) is 19.7 Å². The fourth-order valence-corrected chi connectivity index (χ4v) is 4.26. The Labute approximate surface area is 162 Å². The summed E-state index contributed by atoms with van der Waals surface area (Å²) in [4.78, 5) is 31.2. The number of para-hydroxylation sites is 1. The maximum absolute atomic E-state index is 12.9. The molecule has 0 unspecified atom stereocenters. The number of nitrogens with zero attached hydrogens (tertiary/aromatic N) is 3. The van der Waals surface area contributed by atoms with E-state index in [0.717, 1.165) is 37.2 Å². The van der Waals surface area contributed by atoms with Gasteiger partial charge in [-0.1, -0.05) is 18.2 Å². The van der Waals surface area contributed by atoms with Gasteiger partial charge in [-0.3, -0.25) is 9.59 Å². The number of carbonyl (C=O) groups excluding carboxylic acids is 2. The van der Waals surface area contributed by atoms with E-state index < -0.39 is 0 Å². The summed E-state index contributed by atoms with van der Waals surface area (Å²) in [7, 11) is 5.56. The SMILES string of the molecule is COc1ccccc1[C@@H](C)N(C)C(=O)CN1CC2(CCN(C)CC2)CC1=O. The van der Waals surface area contributed by atoms with Crippen LogP contribution < -0.4 is 4.74 Å². The molecular weight excluding hydrogens is 342 g/mol. The van der Waals surface area contributed by atoms with Gasteiger partial charge in [0.1, 0.15) is 5.75 Å². The van der Waals surface area contributed by atoms with Crippen molar-refractivity contribution in [3.8, 4) is 5.75 Å². The van der Waals surface area contributed by atoms with E-state index >= 15 is 0 Å². The molecule has 2 aliphatic rings. The first-order valence-corrected chi connectivity index (χ1v) is 9.70. The number of rotatable bonds is 5. The van der Waals surface area contributed by atoms with E-state index in [1.165, 1.54) is 0 Å². The molecule has 1 aromatic carbocycles. The molecule has 2 aliphatic heterocycles. The molecule has 6 nitrogen and oxygen atoms in total. The third kappa shape index (κ3) is 4.10. The van der Waals surface area contributed by atoms with Gasteiger partial charge in [-0.05, 0) is 51.4 Å². The van der Waals surface area contributed by atoms with Crippen LogP contribution in [0.2, 0.25) is 0 Å². The number of piperidine rings is 1. The van der Waals surface area contributed by atoms with E-state index in [-0.39, 0.29) is 29.8 Å². The minimum atomic E-state index is -0.122. The molecule has 3 rings (SSSR count). The predicted molar refractivity (Wildman–Crippen MR) is 105 cm³/mol. The second-order valence-electron chi connectivity index (χ2n) is 8.15. The monoisotopic (exact) mass is 373 g/mol. The molecule has 6 heteroatoms. The first-order chi connectivity index (χ1) is 12.8. The first-order valence-electron chi connectivity index (χ1n) is 9.70. The maximum Gasteiger partial charge on any atom is 0.242 e.